The molecule has 0 aromatic rings. The SMILES string of the molecule is CCCC(C)(NC1CCCNC(=O)C1)C(=O)O. The molecule has 0 bridgehead atoms. The molecule has 1 aliphatic heterocycles. The topological polar surface area (TPSA) is 78.4 Å². The van der Waals surface area contributed by atoms with Crippen LogP contribution in [0.5, 0.6) is 0 Å². The Morgan fingerprint density at radius 2 is 2.35 bits per heavy atom. The standard InChI is InChI=1S/C12H22N2O3/c1-3-6-12(2,11(16)17)14-9-5-4-7-13-10(15)8-9/h9,14H,3-8H2,1-2H3,(H,13,15)(H,16,17). The molecule has 0 aromatic heterocycles. The third kappa shape index (κ3) is 4.00. The molecule has 0 saturated carbocycles. The first-order valence-corrected chi connectivity index (χ1v) is 6.25. The number of carboxylic acids is 1. The van der Waals surface area contributed by atoms with Gasteiger partial charge >= 0.3 is 5.97 Å². The molecular weight excluding hydrogens is 220 g/mol. The van der Waals surface area contributed by atoms with E-state index in [2.05, 4.69) is 10.6 Å². The third-order valence-electron chi connectivity index (χ3n) is 3.23. The van der Waals surface area contributed by atoms with Gasteiger partial charge in [0, 0.05) is 19.0 Å². The van der Waals surface area contributed by atoms with Crippen molar-refractivity contribution in [3.05, 3.63) is 0 Å². The summed E-state index contributed by atoms with van der Waals surface area (Å²) in [4.78, 5) is 22.7. The summed E-state index contributed by atoms with van der Waals surface area (Å²) in [5.41, 5.74) is -0.927. The van der Waals surface area contributed by atoms with Crippen LogP contribution in [-0.2, 0) is 9.59 Å². The van der Waals surface area contributed by atoms with E-state index in [1.807, 2.05) is 6.92 Å². The van der Waals surface area contributed by atoms with Gasteiger partial charge in [-0.05, 0) is 26.2 Å². The zero-order chi connectivity index (χ0) is 12.9. The van der Waals surface area contributed by atoms with Crippen molar-refractivity contribution in [2.75, 3.05) is 6.54 Å². The Kier molecular flexibility index (Phi) is 4.93. The predicted molar refractivity (Wildman–Crippen MR) is 64.7 cm³/mol. The Balaban J connectivity index is 2.65. The summed E-state index contributed by atoms with van der Waals surface area (Å²) >= 11 is 0. The lowest BCUT2D eigenvalue weighted by Gasteiger charge is -2.30. The monoisotopic (exact) mass is 242 g/mol. The fourth-order valence-electron chi connectivity index (χ4n) is 2.29. The van der Waals surface area contributed by atoms with E-state index < -0.39 is 11.5 Å². The van der Waals surface area contributed by atoms with Gasteiger partial charge in [-0.2, -0.15) is 0 Å². The summed E-state index contributed by atoms with van der Waals surface area (Å²) in [5.74, 6) is -0.840. The number of aliphatic carboxylic acids is 1. The highest BCUT2D eigenvalue weighted by atomic mass is 16.4. The van der Waals surface area contributed by atoms with Crippen LogP contribution < -0.4 is 10.6 Å². The average Bonchev–Trinajstić information content (AvgIpc) is 2.42. The van der Waals surface area contributed by atoms with Gasteiger partial charge in [-0.3, -0.25) is 14.9 Å². The molecule has 1 rings (SSSR count). The molecule has 5 nitrogen and oxygen atoms in total. The molecule has 2 unspecified atom stereocenters. The number of hydrogen-bond donors (Lipinski definition) is 3. The Morgan fingerprint density at radius 1 is 1.65 bits per heavy atom. The second-order valence-corrected chi connectivity index (χ2v) is 4.92. The second-order valence-electron chi connectivity index (χ2n) is 4.92. The van der Waals surface area contributed by atoms with Crippen LogP contribution in [0.4, 0.5) is 0 Å². The van der Waals surface area contributed by atoms with Gasteiger partial charge in [0.15, 0.2) is 0 Å². The molecule has 98 valence electrons. The van der Waals surface area contributed by atoms with E-state index in [1.165, 1.54) is 0 Å². The van der Waals surface area contributed by atoms with E-state index in [9.17, 15) is 14.7 Å². The summed E-state index contributed by atoms with van der Waals surface area (Å²) in [7, 11) is 0. The molecule has 0 aliphatic carbocycles. The predicted octanol–water partition coefficient (Wildman–Crippen LogP) is 0.888. The molecule has 0 radical (unpaired) electrons. The maximum atomic E-state index is 11.4. The molecule has 5 heteroatoms. The van der Waals surface area contributed by atoms with Crippen LogP contribution in [0.25, 0.3) is 0 Å². The Bertz CT molecular complexity index is 293. The molecule has 1 aliphatic rings. The largest absolute Gasteiger partial charge is 0.480 e. The maximum absolute atomic E-state index is 11.4. The highest BCUT2D eigenvalue weighted by Gasteiger charge is 2.34. The minimum atomic E-state index is -0.927. The number of nitrogens with one attached hydrogen (secondary N) is 2. The molecule has 1 fully saturated rings. The summed E-state index contributed by atoms with van der Waals surface area (Å²) in [5, 5.41) is 15.2. The first kappa shape index (κ1) is 14.0. The number of amides is 1. The molecule has 1 saturated heterocycles. The van der Waals surface area contributed by atoms with Crippen molar-refractivity contribution in [2.45, 2.75) is 57.5 Å². The summed E-state index contributed by atoms with van der Waals surface area (Å²) in [6.45, 7) is 4.35. The molecule has 1 amide bonds. The van der Waals surface area contributed by atoms with Crippen LogP contribution in [-0.4, -0.2) is 35.1 Å². The summed E-state index contributed by atoms with van der Waals surface area (Å²) in [6, 6.07) is -0.0369. The van der Waals surface area contributed by atoms with Crippen LogP contribution in [0.1, 0.15) is 46.0 Å². The van der Waals surface area contributed by atoms with Gasteiger partial charge in [0.2, 0.25) is 5.91 Å². The van der Waals surface area contributed by atoms with E-state index in [-0.39, 0.29) is 11.9 Å². The minimum Gasteiger partial charge on any atom is -0.480 e. The molecule has 0 spiro atoms. The lowest BCUT2D eigenvalue weighted by Crippen LogP contribution is -2.54. The van der Waals surface area contributed by atoms with E-state index in [1.54, 1.807) is 6.92 Å². The van der Waals surface area contributed by atoms with Crippen LogP contribution in [0.2, 0.25) is 0 Å². The fraction of sp³-hybridized carbons (Fsp3) is 0.833. The van der Waals surface area contributed by atoms with Crippen molar-refractivity contribution < 1.29 is 14.7 Å². The molecule has 1 heterocycles. The van der Waals surface area contributed by atoms with Gasteiger partial charge in [0.1, 0.15) is 5.54 Å². The number of carbonyl (C=O) groups is 2. The summed E-state index contributed by atoms with van der Waals surface area (Å²) in [6.07, 6.45) is 3.47. The van der Waals surface area contributed by atoms with Gasteiger partial charge in [0.05, 0.1) is 0 Å². The van der Waals surface area contributed by atoms with Crippen molar-refractivity contribution in [1.29, 1.82) is 0 Å². The first-order valence-electron chi connectivity index (χ1n) is 6.25. The van der Waals surface area contributed by atoms with Crippen molar-refractivity contribution >= 4 is 11.9 Å². The zero-order valence-corrected chi connectivity index (χ0v) is 10.6. The highest BCUT2D eigenvalue weighted by Crippen LogP contribution is 2.17. The lowest BCUT2D eigenvalue weighted by atomic mass is 9.93. The van der Waals surface area contributed by atoms with Crippen molar-refractivity contribution in [3.63, 3.8) is 0 Å². The number of carboxylic acid groups (broad SMARTS) is 1. The normalized spacial score (nSPS) is 24.6. The Morgan fingerprint density at radius 3 is 2.94 bits per heavy atom. The fourth-order valence-corrected chi connectivity index (χ4v) is 2.29. The molecule has 17 heavy (non-hydrogen) atoms. The van der Waals surface area contributed by atoms with E-state index in [4.69, 9.17) is 0 Å². The van der Waals surface area contributed by atoms with Crippen LogP contribution in [0.3, 0.4) is 0 Å². The quantitative estimate of drug-likeness (QED) is 0.669. The molecule has 0 aromatic carbocycles. The first-order chi connectivity index (χ1) is 7.98. The van der Waals surface area contributed by atoms with Crippen LogP contribution >= 0.6 is 0 Å². The average molecular weight is 242 g/mol. The summed E-state index contributed by atoms with van der Waals surface area (Å²) < 4.78 is 0. The zero-order valence-electron chi connectivity index (χ0n) is 10.6. The lowest BCUT2D eigenvalue weighted by molar-refractivity contribution is -0.145. The Hall–Kier alpha value is -1.10. The number of rotatable bonds is 5. The second kappa shape index (κ2) is 6.00. The number of carbonyl (C=O) groups excluding carboxylic acids is 1. The Labute approximate surface area is 102 Å². The van der Waals surface area contributed by atoms with Crippen molar-refractivity contribution in [2.24, 2.45) is 0 Å². The van der Waals surface area contributed by atoms with Gasteiger partial charge < -0.3 is 10.4 Å². The van der Waals surface area contributed by atoms with Crippen LogP contribution in [0.15, 0.2) is 0 Å². The van der Waals surface area contributed by atoms with Gasteiger partial charge in [-0.25, -0.2) is 0 Å². The highest BCUT2D eigenvalue weighted by molar-refractivity contribution is 5.79. The molecule has 3 N–H and O–H groups in total. The van der Waals surface area contributed by atoms with Crippen molar-refractivity contribution in [1.82, 2.24) is 10.6 Å². The van der Waals surface area contributed by atoms with E-state index in [0.29, 0.717) is 19.4 Å². The van der Waals surface area contributed by atoms with Gasteiger partial charge in [0.25, 0.3) is 0 Å². The number of hydrogen-bond acceptors (Lipinski definition) is 3. The van der Waals surface area contributed by atoms with E-state index >= 15 is 0 Å². The van der Waals surface area contributed by atoms with E-state index in [0.717, 1.165) is 19.3 Å². The van der Waals surface area contributed by atoms with Crippen LogP contribution in [0, 0.1) is 0 Å². The minimum absolute atomic E-state index is 0.00392. The molecular formula is C12H22N2O3. The molecule has 2 atom stereocenters. The van der Waals surface area contributed by atoms with Gasteiger partial charge in [-0.1, -0.05) is 13.3 Å². The van der Waals surface area contributed by atoms with Gasteiger partial charge in [-0.15, -0.1) is 0 Å². The maximum Gasteiger partial charge on any atom is 0.323 e. The van der Waals surface area contributed by atoms with Crippen molar-refractivity contribution in [3.8, 4) is 0 Å². The smallest absolute Gasteiger partial charge is 0.323 e. The third-order valence-corrected chi connectivity index (χ3v) is 3.23.